The molecule has 1 aliphatic heterocycles. The first-order chi connectivity index (χ1) is 12.9. The number of rotatable bonds is 4. The second-order valence-electron chi connectivity index (χ2n) is 5.88. The van der Waals surface area contributed by atoms with E-state index in [1.807, 2.05) is 57.1 Å². The maximum absolute atomic E-state index is 2.31. The van der Waals surface area contributed by atoms with E-state index < -0.39 is 0 Å². The number of hydrogen-bond acceptors (Lipinski definition) is 5. The van der Waals surface area contributed by atoms with Gasteiger partial charge in [-0.25, -0.2) is 0 Å². The van der Waals surface area contributed by atoms with Gasteiger partial charge in [-0.3, -0.25) is 0 Å². The summed E-state index contributed by atoms with van der Waals surface area (Å²) in [5.41, 5.74) is 2.87. The highest BCUT2D eigenvalue weighted by Crippen LogP contribution is 2.44. The molecule has 0 amide bonds. The average molecular weight is 427 g/mol. The second kappa shape index (κ2) is 7.33. The summed E-state index contributed by atoms with van der Waals surface area (Å²) in [6.07, 6.45) is 1.02. The van der Waals surface area contributed by atoms with Crippen molar-refractivity contribution < 1.29 is 0 Å². The van der Waals surface area contributed by atoms with Crippen LogP contribution in [0.3, 0.4) is 0 Å². The Balaban J connectivity index is 1.37. The van der Waals surface area contributed by atoms with Crippen LogP contribution in [0.5, 0.6) is 0 Å². The predicted octanol–water partition coefficient (Wildman–Crippen LogP) is 8.79. The van der Waals surface area contributed by atoms with Gasteiger partial charge >= 0.3 is 0 Å². The van der Waals surface area contributed by atoms with Crippen molar-refractivity contribution in [3.05, 3.63) is 79.9 Å². The van der Waals surface area contributed by atoms with Crippen molar-refractivity contribution in [2.24, 2.45) is 0 Å². The number of hydrogen-bond donors (Lipinski definition) is 0. The Kier molecular flexibility index (Phi) is 4.73. The van der Waals surface area contributed by atoms with Crippen LogP contribution in [0.25, 0.3) is 30.7 Å². The molecule has 0 fully saturated rings. The molecule has 0 atom stereocenters. The molecular formula is C21H14S5. The van der Waals surface area contributed by atoms with Crippen molar-refractivity contribution in [1.29, 1.82) is 0 Å². The Morgan fingerprint density at radius 1 is 0.538 bits per heavy atom. The molecule has 0 radical (unpaired) electrons. The van der Waals surface area contributed by atoms with Gasteiger partial charge in [-0.2, -0.15) is 0 Å². The van der Waals surface area contributed by atoms with Crippen molar-refractivity contribution in [2.75, 3.05) is 0 Å². The Morgan fingerprint density at radius 2 is 1.04 bits per heavy atom. The van der Waals surface area contributed by atoms with Gasteiger partial charge in [0.15, 0.2) is 0 Å². The zero-order chi connectivity index (χ0) is 17.3. The second-order valence-corrected chi connectivity index (χ2v) is 10.7. The summed E-state index contributed by atoms with van der Waals surface area (Å²) in [7, 11) is 0. The number of allylic oxidation sites excluding steroid dienone is 2. The third-order valence-electron chi connectivity index (χ3n) is 4.17. The summed E-state index contributed by atoms with van der Waals surface area (Å²) in [4.78, 5) is 8.24. The Labute approximate surface area is 173 Å². The first-order valence-corrected chi connectivity index (χ1v) is 12.5. The molecule has 128 valence electrons. The van der Waals surface area contributed by atoms with E-state index >= 15 is 0 Å². The minimum atomic E-state index is 1.02. The van der Waals surface area contributed by atoms with Crippen molar-refractivity contribution in [3.63, 3.8) is 0 Å². The normalized spacial score (nSPS) is 14.3. The van der Waals surface area contributed by atoms with E-state index in [1.165, 1.54) is 40.4 Å². The lowest BCUT2D eigenvalue weighted by Gasteiger charge is -2.12. The fourth-order valence-electron chi connectivity index (χ4n) is 2.90. The summed E-state index contributed by atoms with van der Waals surface area (Å²) in [5.74, 6) is 0. The van der Waals surface area contributed by atoms with Gasteiger partial charge in [-0.1, -0.05) is 12.1 Å². The molecule has 4 aromatic rings. The largest absolute Gasteiger partial charge is 0.143 e. The highest BCUT2D eigenvalue weighted by Gasteiger charge is 2.16. The lowest BCUT2D eigenvalue weighted by Crippen LogP contribution is -1.87. The van der Waals surface area contributed by atoms with Crippen LogP contribution in [0.1, 0.15) is 16.2 Å². The molecule has 0 nitrogen and oxygen atoms in total. The first-order valence-electron chi connectivity index (χ1n) is 8.18. The fraction of sp³-hybridized carbons (Fsp3) is 0.0476. The van der Waals surface area contributed by atoms with Gasteiger partial charge in [-0.05, 0) is 69.1 Å². The summed E-state index contributed by atoms with van der Waals surface area (Å²) in [6.45, 7) is 0. The van der Waals surface area contributed by atoms with Crippen LogP contribution < -0.4 is 0 Å². The molecule has 5 rings (SSSR count). The van der Waals surface area contributed by atoms with Gasteiger partial charge in [-0.15, -0.1) is 57.1 Å². The molecule has 0 saturated carbocycles. The van der Waals surface area contributed by atoms with E-state index in [0.29, 0.717) is 0 Å². The molecule has 0 unspecified atom stereocenters. The third kappa shape index (κ3) is 3.30. The van der Waals surface area contributed by atoms with E-state index in [2.05, 4.69) is 70.1 Å². The van der Waals surface area contributed by atoms with Gasteiger partial charge < -0.3 is 0 Å². The van der Waals surface area contributed by atoms with Crippen LogP contribution in [0.4, 0.5) is 0 Å². The molecule has 0 saturated heterocycles. The van der Waals surface area contributed by atoms with Crippen molar-refractivity contribution >= 4 is 68.3 Å². The predicted molar refractivity (Wildman–Crippen MR) is 123 cm³/mol. The summed E-state index contributed by atoms with van der Waals surface area (Å²) in [5, 5.41) is 8.91. The molecule has 5 heterocycles. The summed E-state index contributed by atoms with van der Waals surface area (Å²) >= 11 is 9.24. The van der Waals surface area contributed by atoms with E-state index in [0.717, 1.165) is 6.42 Å². The maximum atomic E-state index is 2.31. The molecule has 0 aromatic carbocycles. The van der Waals surface area contributed by atoms with Crippen molar-refractivity contribution in [2.45, 2.75) is 6.42 Å². The topological polar surface area (TPSA) is 0 Å². The zero-order valence-corrected chi connectivity index (χ0v) is 17.8. The van der Waals surface area contributed by atoms with Gasteiger partial charge in [0.05, 0.1) is 0 Å². The lowest BCUT2D eigenvalue weighted by atomic mass is 10.1. The smallest absolute Gasteiger partial charge is 0.0449 e. The molecule has 5 heteroatoms. The van der Waals surface area contributed by atoms with Gasteiger partial charge in [0.2, 0.25) is 0 Å². The molecule has 4 aromatic heterocycles. The molecule has 0 spiro atoms. The van der Waals surface area contributed by atoms with E-state index in [1.54, 1.807) is 0 Å². The van der Waals surface area contributed by atoms with Crippen molar-refractivity contribution in [1.82, 2.24) is 0 Å². The van der Waals surface area contributed by atoms with Crippen LogP contribution >= 0.6 is 57.1 Å². The van der Waals surface area contributed by atoms with Crippen molar-refractivity contribution in [3.8, 4) is 19.5 Å². The molecule has 0 bridgehead atoms. The Bertz CT molecular complexity index is 985. The minimum absolute atomic E-state index is 1.02. The average Bonchev–Trinajstić information content (AvgIpc) is 3.49. The van der Waals surface area contributed by atoms with Gasteiger partial charge in [0, 0.05) is 35.7 Å². The quantitative estimate of drug-likeness (QED) is 0.314. The number of thiophene rings is 4. The Morgan fingerprint density at radius 3 is 1.50 bits per heavy atom. The van der Waals surface area contributed by atoms with Crippen LogP contribution in [0, 0.1) is 0 Å². The van der Waals surface area contributed by atoms with E-state index in [-0.39, 0.29) is 0 Å². The maximum Gasteiger partial charge on any atom is 0.0449 e. The van der Waals surface area contributed by atoms with Gasteiger partial charge in [0.25, 0.3) is 0 Å². The standard InChI is InChI=1S/C21H14S5/c1-3-18(23-9-1)20-7-5-16(25-20)14-11-15(13-22-12-14)17-6-8-21(26-17)19-4-2-10-24-19/h1-10,12-13H,11H2. The monoisotopic (exact) mass is 426 g/mol. The van der Waals surface area contributed by atoms with Crippen LogP contribution in [-0.2, 0) is 0 Å². The molecule has 0 aliphatic carbocycles. The molecule has 1 aliphatic rings. The first kappa shape index (κ1) is 16.8. The fourth-order valence-corrected chi connectivity index (χ4v) is 7.58. The summed E-state index contributed by atoms with van der Waals surface area (Å²) in [6, 6.07) is 17.7. The minimum Gasteiger partial charge on any atom is -0.143 e. The molecule has 0 N–H and O–H groups in total. The number of thioether (sulfide) groups is 1. The van der Waals surface area contributed by atoms with Gasteiger partial charge in [0.1, 0.15) is 0 Å². The SMILES string of the molecule is C1=C(c2ccc(-c3cccs3)s2)CC(c2ccc(-c3cccs3)s2)=CS1. The zero-order valence-electron chi connectivity index (χ0n) is 13.7. The van der Waals surface area contributed by atoms with Crippen LogP contribution in [0.15, 0.2) is 70.1 Å². The highest BCUT2D eigenvalue weighted by molar-refractivity contribution is 8.05. The highest BCUT2D eigenvalue weighted by atomic mass is 32.2. The summed E-state index contributed by atoms with van der Waals surface area (Å²) < 4.78 is 0. The Hall–Kier alpha value is -1.37. The lowest BCUT2D eigenvalue weighted by molar-refractivity contribution is 1.45. The van der Waals surface area contributed by atoms with E-state index in [9.17, 15) is 0 Å². The molecule has 26 heavy (non-hydrogen) atoms. The third-order valence-corrected chi connectivity index (χ3v) is 9.47. The van der Waals surface area contributed by atoms with Crippen LogP contribution in [-0.4, -0.2) is 0 Å². The van der Waals surface area contributed by atoms with Crippen LogP contribution in [0.2, 0.25) is 0 Å². The molecular weight excluding hydrogens is 413 g/mol. The van der Waals surface area contributed by atoms with E-state index in [4.69, 9.17) is 0 Å².